The maximum absolute atomic E-state index is 13.8. The molecule has 22 heavy (non-hydrogen) atoms. The fourth-order valence-electron chi connectivity index (χ4n) is 2.67. The first kappa shape index (κ1) is 16.2. The summed E-state index contributed by atoms with van der Waals surface area (Å²) in [5.74, 6) is -4.35. The number of hydrogen-bond donors (Lipinski definition) is 2. The highest BCUT2D eigenvalue weighted by atomic mass is 19.1. The van der Waals surface area contributed by atoms with Crippen LogP contribution in [0.25, 0.3) is 0 Å². The van der Waals surface area contributed by atoms with E-state index in [1.165, 1.54) is 7.11 Å². The monoisotopic (exact) mass is 313 g/mol. The number of ether oxygens (including phenoxy) is 1. The Morgan fingerprint density at radius 1 is 1.23 bits per heavy atom. The van der Waals surface area contributed by atoms with Gasteiger partial charge in [0.2, 0.25) is 5.91 Å². The number of anilines is 1. The zero-order valence-corrected chi connectivity index (χ0v) is 12.1. The lowest BCUT2D eigenvalue weighted by atomic mass is 9.81. The number of halogens is 2. The predicted molar refractivity (Wildman–Crippen MR) is 74.6 cm³/mol. The molecule has 0 radical (unpaired) electrons. The molecule has 1 saturated carbocycles. The van der Waals surface area contributed by atoms with Crippen LogP contribution < -0.4 is 10.1 Å². The molecular formula is C15H17F2NO4. The van der Waals surface area contributed by atoms with Crippen LogP contribution in [0.4, 0.5) is 14.5 Å². The Hall–Kier alpha value is -2.18. The fourth-order valence-corrected chi connectivity index (χ4v) is 2.67. The number of benzene rings is 1. The summed E-state index contributed by atoms with van der Waals surface area (Å²) in [6.45, 7) is 0. The average molecular weight is 313 g/mol. The Morgan fingerprint density at radius 2 is 1.91 bits per heavy atom. The first-order valence-corrected chi connectivity index (χ1v) is 6.99. The smallest absolute Gasteiger partial charge is 0.306 e. The van der Waals surface area contributed by atoms with E-state index in [1.54, 1.807) is 0 Å². The number of rotatable bonds is 4. The summed E-state index contributed by atoms with van der Waals surface area (Å²) in [5.41, 5.74) is -0.277. The Bertz CT molecular complexity index is 591. The summed E-state index contributed by atoms with van der Waals surface area (Å²) in [6.07, 6.45) is 1.90. The van der Waals surface area contributed by atoms with E-state index in [9.17, 15) is 18.4 Å². The molecule has 7 heteroatoms. The van der Waals surface area contributed by atoms with Gasteiger partial charge in [-0.2, -0.15) is 0 Å². The number of carboxylic acids is 1. The average Bonchev–Trinajstić information content (AvgIpc) is 2.50. The largest absolute Gasteiger partial charge is 0.494 e. The summed E-state index contributed by atoms with van der Waals surface area (Å²) in [6, 6.07) is 1.70. The molecule has 0 spiro atoms. The molecular weight excluding hydrogens is 296 g/mol. The number of carbonyl (C=O) groups excluding carboxylic acids is 1. The van der Waals surface area contributed by atoms with E-state index in [4.69, 9.17) is 5.11 Å². The van der Waals surface area contributed by atoms with Crippen molar-refractivity contribution in [1.29, 1.82) is 0 Å². The van der Waals surface area contributed by atoms with Crippen molar-refractivity contribution in [3.8, 4) is 5.75 Å². The van der Waals surface area contributed by atoms with Crippen LogP contribution in [-0.4, -0.2) is 24.1 Å². The number of carboxylic acid groups (broad SMARTS) is 1. The Morgan fingerprint density at radius 3 is 2.55 bits per heavy atom. The van der Waals surface area contributed by atoms with Gasteiger partial charge in [0, 0.05) is 18.1 Å². The molecule has 1 aromatic rings. The van der Waals surface area contributed by atoms with Gasteiger partial charge in [-0.15, -0.1) is 0 Å². The summed E-state index contributed by atoms with van der Waals surface area (Å²) in [7, 11) is 1.21. The van der Waals surface area contributed by atoms with Crippen molar-refractivity contribution in [2.24, 2.45) is 11.8 Å². The minimum absolute atomic E-state index is 0.210. The first-order valence-electron chi connectivity index (χ1n) is 6.99. The second-order valence-corrected chi connectivity index (χ2v) is 5.35. The third kappa shape index (κ3) is 3.52. The highest BCUT2D eigenvalue weighted by Crippen LogP contribution is 2.31. The Kier molecular flexibility index (Phi) is 4.95. The summed E-state index contributed by atoms with van der Waals surface area (Å²) >= 11 is 0. The normalized spacial score (nSPS) is 21.2. The third-order valence-electron chi connectivity index (χ3n) is 3.89. The quantitative estimate of drug-likeness (QED) is 0.896. The third-order valence-corrected chi connectivity index (χ3v) is 3.89. The number of amides is 1. The molecule has 2 N–H and O–H groups in total. The maximum atomic E-state index is 13.8. The van der Waals surface area contributed by atoms with Crippen LogP contribution in [-0.2, 0) is 9.59 Å². The minimum atomic E-state index is -0.931. The summed E-state index contributed by atoms with van der Waals surface area (Å²) in [4.78, 5) is 23.1. The van der Waals surface area contributed by atoms with Crippen LogP contribution in [0.1, 0.15) is 25.7 Å². The molecule has 2 unspecified atom stereocenters. The molecule has 0 aromatic heterocycles. The molecule has 1 aliphatic rings. The molecule has 0 aliphatic heterocycles. The van der Waals surface area contributed by atoms with E-state index in [1.807, 2.05) is 0 Å². The number of nitrogens with one attached hydrogen (secondary N) is 1. The molecule has 1 aliphatic carbocycles. The molecule has 5 nitrogen and oxygen atoms in total. The molecule has 120 valence electrons. The van der Waals surface area contributed by atoms with Crippen molar-refractivity contribution >= 4 is 17.6 Å². The second-order valence-electron chi connectivity index (χ2n) is 5.35. The van der Waals surface area contributed by atoms with Gasteiger partial charge in [-0.25, -0.2) is 8.78 Å². The van der Waals surface area contributed by atoms with E-state index in [0.29, 0.717) is 19.3 Å². The summed E-state index contributed by atoms with van der Waals surface area (Å²) in [5, 5.41) is 11.3. The molecule has 2 rings (SSSR count). The minimum Gasteiger partial charge on any atom is -0.494 e. The van der Waals surface area contributed by atoms with E-state index < -0.39 is 35.3 Å². The van der Waals surface area contributed by atoms with E-state index in [-0.39, 0.29) is 17.9 Å². The van der Waals surface area contributed by atoms with Crippen LogP contribution in [0.2, 0.25) is 0 Å². The topological polar surface area (TPSA) is 75.6 Å². The van der Waals surface area contributed by atoms with Crippen LogP contribution in [0.5, 0.6) is 5.75 Å². The van der Waals surface area contributed by atoms with Gasteiger partial charge in [0.1, 0.15) is 0 Å². The highest BCUT2D eigenvalue weighted by molar-refractivity contribution is 5.93. The van der Waals surface area contributed by atoms with Gasteiger partial charge in [0.25, 0.3) is 0 Å². The van der Waals surface area contributed by atoms with E-state index in [0.717, 1.165) is 12.1 Å². The second kappa shape index (κ2) is 6.72. The van der Waals surface area contributed by atoms with Crippen molar-refractivity contribution in [3.05, 3.63) is 23.8 Å². The highest BCUT2D eigenvalue weighted by Gasteiger charge is 2.31. The Balaban J connectivity index is 2.08. The SMILES string of the molecule is COc1cc(F)c(NC(=O)C2CCCC(C(=O)O)C2)cc1F. The maximum Gasteiger partial charge on any atom is 0.306 e. The summed E-state index contributed by atoms with van der Waals surface area (Å²) < 4.78 is 32.0. The van der Waals surface area contributed by atoms with Crippen molar-refractivity contribution < 1.29 is 28.2 Å². The first-order chi connectivity index (χ1) is 10.4. The molecule has 1 aromatic carbocycles. The van der Waals surface area contributed by atoms with Crippen LogP contribution in [0.3, 0.4) is 0 Å². The van der Waals surface area contributed by atoms with Crippen molar-refractivity contribution in [3.63, 3.8) is 0 Å². The van der Waals surface area contributed by atoms with Crippen LogP contribution in [0, 0.1) is 23.5 Å². The lowest BCUT2D eigenvalue weighted by molar-refractivity contribution is -0.143. The van der Waals surface area contributed by atoms with Gasteiger partial charge in [0.15, 0.2) is 17.4 Å². The number of methoxy groups -OCH3 is 1. The Labute approximate surface area is 126 Å². The van der Waals surface area contributed by atoms with E-state index in [2.05, 4.69) is 10.1 Å². The lowest BCUT2D eigenvalue weighted by Crippen LogP contribution is -2.31. The van der Waals surface area contributed by atoms with Crippen molar-refractivity contribution in [1.82, 2.24) is 0 Å². The zero-order valence-electron chi connectivity index (χ0n) is 12.1. The van der Waals surface area contributed by atoms with Gasteiger partial charge in [0.05, 0.1) is 18.7 Å². The van der Waals surface area contributed by atoms with Gasteiger partial charge in [-0.3, -0.25) is 9.59 Å². The van der Waals surface area contributed by atoms with Gasteiger partial charge < -0.3 is 15.2 Å². The molecule has 0 bridgehead atoms. The van der Waals surface area contributed by atoms with Gasteiger partial charge >= 0.3 is 5.97 Å². The standard InChI is InChI=1S/C15H17F2NO4/c1-22-13-7-10(16)12(6-11(13)17)18-14(19)8-3-2-4-9(5-8)15(20)21/h6-9H,2-5H2,1H3,(H,18,19)(H,20,21). The molecule has 1 fully saturated rings. The number of carbonyl (C=O) groups is 2. The molecule has 1 amide bonds. The lowest BCUT2D eigenvalue weighted by Gasteiger charge is -2.25. The van der Waals surface area contributed by atoms with Crippen molar-refractivity contribution in [2.75, 3.05) is 12.4 Å². The zero-order chi connectivity index (χ0) is 16.3. The molecule has 0 saturated heterocycles. The molecule has 2 atom stereocenters. The fraction of sp³-hybridized carbons (Fsp3) is 0.467. The number of aliphatic carboxylic acids is 1. The van der Waals surface area contributed by atoms with Crippen LogP contribution >= 0.6 is 0 Å². The molecule has 0 heterocycles. The predicted octanol–water partition coefficient (Wildman–Crippen LogP) is 2.80. The number of hydrogen-bond acceptors (Lipinski definition) is 3. The van der Waals surface area contributed by atoms with Gasteiger partial charge in [-0.05, 0) is 19.3 Å². The van der Waals surface area contributed by atoms with Crippen LogP contribution in [0.15, 0.2) is 12.1 Å². The van der Waals surface area contributed by atoms with Gasteiger partial charge in [-0.1, -0.05) is 6.42 Å². The van der Waals surface area contributed by atoms with E-state index >= 15 is 0 Å². The van der Waals surface area contributed by atoms with Crippen molar-refractivity contribution in [2.45, 2.75) is 25.7 Å².